The maximum absolute atomic E-state index is 13.1. The van der Waals surface area contributed by atoms with Crippen molar-refractivity contribution in [3.63, 3.8) is 0 Å². The van der Waals surface area contributed by atoms with Crippen molar-refractivity contribution < 1.29 is 35.5 Å². The van der Waals surface area contributed by atoms with Crippen molar-refractivity contribution >= 4 is 11.6 Å². The highest BCUT2D eigenvalue weighted by Gasteiger charge is 2.40. The number of rotatable bonds is 1. The first-order chi connectivity index (χ1) is 8.43. The second-order valence-electron chi connectivity index (χ2n) is 3.55. The number of alkyl halides is 6. The van der Waals surface area contributed by atoms with Crippen LogP contribution in [0.15, 0.2) is 12.1 Å². The Hall–Kier alpha value is -1.80. The zero-order chi connectivity index (χ0) is 15.0. The van der Waals surface area contributed by atoms with E-state index in [1.54, 1.807) is 5.32 Å². The van der Waals surface area contributed by atoms with Gasteiger partial charge in [-0.1, -0.05) is 0 Å². The molecule has 1 aromatic rings. The van der Waals surface area contributed by atoms with Crippen LogP contribution in [0.5, 0.6) is 0 Å². The van der Waals surface area contributed by atoms with E-state index in [0.717, 1.165) is 6.92 Å². The quantitative estimate of drug-likeness (QED) is 0.782. The molecule has 1 rings (SSSR count). The molecule has 1 amide bonds. The van der Waals surface area contributed by atoms with Gasteiger partial charge in [-0.3, -0.25) is 4.79 Å². The Kier molecular flexibility index (Phi) is 3.78. The van der Waals surface area contributed by atoms with Gasteiger partial charge in [0.05, 0.1) is 16.8 Å². The maximum Gasteiger partial charge on any atom is 0.419 e. The second kappa shape index (κ2) is 4.71. The number of hydrogen-bond donors (Lipinski definition) is 1. The summed E-state index contributed by atoms with van der Waals surface area (Å²) in [6, 6.07) is -0.381. The van der Waals surface area contributed by atoms with Gasteiger partial charge in [0, 0.05) is 6.92 Å². The van der Waals surface area contributed by atoms with E-state index in [2.05, 4.69) is 0 Å². The van der Waals surface area contributed by atoms with Crippen LogP contribution in [-0.4, -0.2) is 5.91 Å². The molecule has 9 heteroatoms. The highest BCUT2D eigenvalue weighted by molar-refractivity contribution is 5.89. The van der Waals surface area contributed by atoms with Gasteiger partial charge in [-0.15, -0.1) is 0 Å². The molecule has 2 nitrogen and oxygen atoms in total. The predicted molar refractivity (Wildman–Crippen MR) is 50.7 cm³/mol. The molecule has 0 aliphatic rings. The van der Waals surface area contributed by atoms with E-state index >= 15 is 0 Å². The van der Waals surface area contributed by atoms with E-state index in [1.165, 1.54) is 0 Å². The number of anilines is 1. The normalized spacial score (nSPS) is 12.4. The summed E-state index contributed by atoms with van der Waals surface area (Å²) in [7, 11) is 0. The summed E-state index contributed by atoms with van der Waals surface area (Å²) in [4.78, 5) is 10.7. The smallest absolute Gasteiger partial charge is 0.326 e. The number of carbonyl (C=O) groups is 1. The predicted octanol–water partition coefficient (Wildman–Crippen LogP) is 3.82. The monoisotopic (exact) mass is 289 g/mol. The molecule has 0 unspecified atom stereocenters. The van der Waals surface area contributed by atoms with E-state index in [-0.39, 0.29) is 12.1 Å². The lowest BCUT2D eigenvalue weighted by Gasteiger charge is -2.16. The molecular formula is C10H6F7NO. The summed E-state index contributed by atoms with van der Waals surface area (Å²) in [6.07, 6.45) is -10.3. The third-order valence-electron chi connectivity index (χ3n) is 2.03. The van der Waals surface area contributed by atoms with Crippen molar-refractivity contribution in [2.24, 2.45) is 0 Å². The number of halogens is 7. The molecule has 0 bridgehead atoms. The number of hydrogen-bond acceptors (Lipinski definition) is 1. The number of carbonyl (C=O) groups excluding carboxylic acids is 1. The van der Waals surface area contributed by atoms with Gasteiger partial charge in [0.1, 0.15) is 5.82 Å². The highest BCUT2D eigenvalue weighted by atomic mass is 19.4. The number of benzene rings is 1. The van der Waals surface area contributed by atoms with Crippen molar-refractivity contribution in [2.75, 3.05) is 5.32 Å². The summed E-state index contributed by atoms with van der Waals surface area (Å²) in [5, 5.41) is 1.59. The summed E-state index contributed by atoms with van der Waals surface area (Å²) >= 11 is 0. The van der Waals surface area contributed by atoms with Gasteiger partial charge in [0.15, 0.2) is 0 Å². The van der Waals surface area contributed by atoms with Crippen molar-refractivity contribution in [3.05, 3.63) is 29.1 Å². The van der Waals surface area contributed by atoms with Gasteiger partial charge in [-0.2, -0.15) is 26.3 Å². The molecule has 0 atom stereocenters. The molecule has 1 N–H and O–H groups in total. The molecule has 0 aliphatic carbocycles. The Labute approximate surface area is 102 Å². The minimum absolute atomic E-state index is 0.0838. The Morgan fingerprint density at radius 1 is 1.00 bits per heavy atom. The molecule has 0 heterocycles. The average molecular weight is 289 g/mol. The topological polar surface area (TPSA) is 29.1 Å². The lowest BCUT2D eigenvalue weighted by atomic mass is 10.1. The van der Waals surface area contributed by atoms with Crippen LogP contribution >= 0.6 is 0 Å². The van der Waals surface area contributed by atoms with E-state index in [4.69, 9.17) is 0 Å². The van der Waals surface area contributed by atoms with Crippen molar-refractivity contribution in [2.45, 2.75) is 19.3 Å². The highest BCUT2D eigenvalue weighted by Crippen LogP contribution is 2.40. The summed E-state index contributed by atoms with van der Waals surface area (Å²) in [6.45, 7) is 0.816. The Morgan fingerprint density at radius 2 is 1.47 bits per heavy atom. The largest absolute Gasteiger partial charge is 0.419 e. The molecule has 0 aliphatic heterocycles. The summed E-state index contributed by atoms with van der Waals surface area (Å²) in [5.41, 5.74) is -4.72. The molecule has 1 aromatic carbocycles. The molecule has 19 heavy (non-hydrogen) atoms. The second-order valence-corrected chi connectivity index (χ2v) is 3.55. The van der Waals surface area contributed by atoms with Gasteiger partial charge >= 0.3 is 12.4 Å². The van der Waals surface area contributed by atoms with Gasteiger partial charge in [-0.25, -0.2) is 4.39 Å². The minimum atomic E-state index is -5.17. The van der Waals surface area contributed by atoms with Gasteiger partial charge < -0.3 is 5.32 Å². The fourth-order valence-corrected chi connectivity index (χ4v) is 1.32. The first kappa shape index (κ1) is 15.3. The Bertz CT molecular complexity index is 504. The third-order valence-corrected chi connectivity index (χ3v) is 2.03. The van der Waals surface area contributed by atoms with Crippen molar-refractivity contribution in [3.8, 4) is 0 Å². The molecule has 0 aromatic heterocycles. The lowest BCUT2D eigenvalue weighted by Crippen LogP contribution is -2.17. The molecule has 0 fully saturated rings. The van der Waals surface area contributed by atoms with Crippen LogP contribution < -0.4 is 5.32 Å². The van der Waals surface area contributed by atoms with Gasteiger partial charge in [0.2, 0.25) is 5.91 Å². The van der Waals surface area contributed by atoms with Crippen LogP contribution in [0.25, 0.3) is 0 Å². The zero-order valence-electron chi connectivity index (χ0n) is 9.21. The molecule has 0 radical (unpaired) electrons. The van der Waals surface area contributed by atoms with E-state index < -0.39 is 40.9 Å². The summed E-state index contributed by atoms with van der Waals surface area (Å²) < 4.78 is 87.7. The van der Waals surface area contributed by atoms with E-state index in [0.29, 0.717) is 0 Å². The van der Waals surface area contributed by atoms with Crippen molar-refractivity contribution in [1.82, 2.24) is 0 Å². The number of nitrogens with one attached hydrogen (secondary N) is 1. The van der Waals surface area contributed by atoms with Crippen LogP contribution in [0.1, 0.15) is 18.1 Å². The van der Waals surface area contributed by atoms with E-state index in [9.17, 15) is 35.5 Å². The zero-order valence-corrected chi connectivity index (χ0v) is 9.21. The molecular weight excluding hydrogens is 283 g/mol. The Morgan fingerprint density at radius 3 is 1.84 bits per heavy atom. The van der Waals surface area contributed by atoms with Crippen LogP contribution in [-0.2, 0) is 17.1 Å². The molecule has 0 saturated heterocycles. The Balaban J connectivity index is 3.50. The fraction of sp³-hybridized carbons (Fsp3) is 0.300. The number of amides is 1. The standard InChI is InChI=1S/C10H6F7NO/c1-4(19)18-8-3-5(9(12,13)14)7(11)2-6(8)10(15,16)17/h2-3H,1H3,(H,18,19). The van der Waals surface area contributed by atoms with Crippen LogP contribution in [0.3, 0.4) is 0 Å². The van der Waals surface area contributed by atoms with Crippen LogP contribution in [0.2, 0.25) is 0 Å². The minimum Gasteiger partial charge on any atom is -0.326 e. The SMILES string of the molecule is CC(=O)Nc1cc(C(F)(F)F)c(F)cc1C(F)(F)F. The lowest BCUT2D eigenvalue weighted by molar-refractivity contribution is -0.143. The fourth-order valence-electron chi connectivity index (χ4n) is 1.32. The average Bonchev–Trinajstić information content (AvgIpc) is 2.16. The first-order valence-corrected chi connectivity index (χ1v) is 4.68. The molecule has 0 saturated carbocycles. The maximum atomic E-state index is 13.1. The van der Waals surface area contributed by atoms with Gasteiger partial charge in [-0.05, 0) is 12.1 Å². The first-order valence-electron chi connectivity index (χ1n) is 4.68. The van der Waals surface area contributed by atoms with Crippen molar-refractivity contribution in [1.29, 1.82) is 0 Å². The molecule has 106 valence electrons. The van der Waals surface area contributed by atoms with E-state index in [1.807, 2.05) is 0 Å². The van der Waals surface area contributed by atoms with Crippen LogP contribution in [0.4, 0.5) is 36.4 Å². The third kappa shape index (κ3) is 3.58. The summed E-state index contributed by atoms with van der Waals surface area (Å²) in [5.74, 6) is -3.07. The van der Waals surface area contributed by atoms with Gasteiger partial charge in [0.25, 0.3) is 0 Å². The molecule has 0 spiro atoms. The van der Waals surface area contributed by atoms with Crippen LogP contribution in [0, 0.1) is 5.82 Å².